The molecule has 2 heterocycles. The lowest BCUT2D eigenvalue weighted by Gasteiger charge is -2.28. The zero-order valence-electron chi connectivity index (χ0n) is 14.7. The minimum atomic E-state index is -2.82. The summed E-state index contributed by atoms with van der Waals surface area (Å²) in [4.78, 5) is 4.07. The lowest BCUT2D eigenvalue weighted by molar-refractivity contribution is 0.109. The second kappa shape index (κ2) is 7.22. The van der Waals surface area contributed by atoms with Gasteiger partial charge in [0, 0.05) is 34.6 Å². The van der Waals surface area contributed by atoms with Gasteiger partial charge in [0.15, 0.2) is 11.0 Å². The van der Waals surface area contributed by atoms with E-state index < -0.39 is 34.4 Å². The van der Waals surface area contributed by atoms with Gasteiger partial charge in [-0.2, -0.15) is 0 Å². The third-order valence-corrected chi connectivity index (χ3v) is 6.44. The first kappa shape index (κ1) is 19.8. The third kappa shape index (κ3) is 3.69. The summed E-state index contributed by atoms with van der Waals surface area (Å²) in [7, 11) is 0. The number of pyridine rings is 1. The number of fused-ring (bicyclic) bond motifs is 1. The van der Waals surface area contributed by atoms with Gasteiger partial charge in [-0.3, -0.25) is 0 Å². The van der Waals surface area contributed by atoms with Crippen LogP contribution in [0.2, 0.25) is 5.15 Å². The fraction of sp³-hybridized carbons (Fsp3) is 0.588. The molecule has 2 atom stereocenters. The van der Waals surface area contributed by atoms with Crippen molar-refractivity contribution in [3.63, 3.8) is 0 Å². The van der Waals surface area contributed by atoms with Crippen LogP contribution in [0, 0.1) is 5.82 Å². The molecule has 2 aromatic heterocycles. The lowest BCUT2D eigenvalue weighted by Crippen LogP contribution is -2.43. The van der Waals surface area contributed by atoms with Crippen LogP contribution in [-0.2, 0) is 11.4 Å². The van der Waals surface area contributed by atoms with Gasteiger partial charge in [-0.1, -0.05) is 11.6 Å². The summed E-state index contributed by atoms with van der Waals surface area (Å²) in [6.07, 6.45) is 1.60. The summed E-state index contributed by atoms with van der Waals surface area (Å²) in [6.45, 7) is 5.08. The molecule has 144 valence electrons. The largest absolute Gasteiger partial charge is 0.598 e. The van der Waals surface area contributed by atoms with Crippen LogP contribution in [0.1, 0.15) is 57.7 Å². The number of rotatable bonds is 5. The molecule has 1 aliphatic rings. The summed E-state index contributed by atoms with van der Waals surface area (Å²) in [5.74, 6) is -0.767. The summed E-state index contributed by atoms with van der Waals surface area (Å²) >= 11 is 4.10. The standard InChI is InChI=1S/C17H21ClF3N3OS/c1-17(2,3)26(25)23-13(15(20)21)11-8-24(9-5-4-6-9)16-10(11)7-12(19)14(18)22-16/h7-9,13,15,23H,4-6H2,1-3H3/t13?,26-/m0/s1. The maximum absolute atomic E-state index is 14.0. The zero-order chi connectivity index (χ0) is 19.2. The van der Waals surface area contributed by atoms with Gasteiger partial charge in [-0.25, -0.2) is 18.2 Å². The smallest absolute Gasteiger partial charge is 0.262 e. The highest BCUT2D eigenvalue weighted by Gasteiger charge is 2.36. The fourth-order valence-corrected chi connectivity index (χ4v) is 3.83. The van der Waals surface area contributed by atoms with E-state index in [1.54, 1.807) is 31.5 Å². The Hall–Kier alpha value is -0.960. The van der Waals surface area contributed by atoms with Crippen molar-refractivity contribution in [2.75, 3.05) is 0 Å². The van der Waals surface area contributed by atoms with Gasteiger partial charge in [0.2, 0.25) is 0 Å². The Morgan fingerprint density at radius 1 is 1.38 bits per heavy atom. The van der Waals surface area contributed by atoms with Crippen molar-refractivity contribution in [3.8, 4) is 0 Å². The zero-order valence-corrected chi connectivity index (χ0v) is 16.3. The molecule has 4 nitrogen and oxygen atoms in total. The molecule has 1 aliphatic carbocycles. The molecule has 0 aliphatic heterocycles. The van der Waals surface area contributed by atoms with E-state index in [9.17, 15) is 17.7 Å². The van der Waals surface area contributed by atoms with Crippen molar-refractivity contribution in [1.29, 1.82) is 0 Å². The molecule has 0 spiro atoms. The van der Waals surface area contributed by atoms with Gasteiger partial charge in [-0.15, -0.1) is 4.72 Å². The van der Waals surface area contributed by atoms with Crippen LogP contribution in [0.25, 0.3) is 11.0 Å². The van der Waals surface area contributed by atoms with Crippen LogP contribution in [0.5, 0.6) is 0 Å². The molecular formula is C17H21ClF3N3OS. The van der Waals surface area contributed by atoms with E-state index in [2.05, 4.69) is 9.71 Å². The van der Waals surface area contributed by atoms with Gasteiger partial charge < -0.3 is 9.12 Å². The van der Waals surface area contributed by atoms with Crippen LogP contribution < -0.4 is 4.72 Å². The second-order valence-corrected chi connectivity index (χ2v) is 9.88. The fourth-order valence-electron chi connectivity index (χ4n) is 2.88. The first-order valence-corrected chi connectivity index (χ1v) is 9.95. The molecule has 3 rings (SSSR count). The first-order chi connectivity index (χ1) is 12.1. The van der Waals surface area contributed by atoms with E-state index in [-0.39, 0.29) is 22.1 Å². The molecular weight excluding hydrogens is 387 g/mol. The maximum Gasteiger partial charge on any atom is 0.262 e. The molecule has 0 bridgehead atoms. The summed E-state index contributed by atoms with van der Waals surface area (Å²) in [5.41, 5.74) is 0.563. The Morgan fingerprint density at radius 3 is 2.54 bits per heavy atom. The third-order valence-electron chi connectivity index (χ3n) is 4.59. The van der Waals surface area contributed by atoms with E-state index in [4.69, 9.17) is 11.6 Å². The molecule has 9 heteroatoms. The van der Waals surface area contributed by atoms with E-state index in [0.29, 0.717) is 5.65 Å². The minimum Gasteiger partial charge on any atom is -0.598 e. The molecule has 0 aromatic carbocycles. The number of aromatic nitrogens is 2. The van der Waals surface area contributed by atoms with Gasteiger partial charge >= 0.3 is 0 Å². The van der Waals surface area contributed by atoms with Crippen LogP contribution in [0.4, 0.5) is 13.2 Å². The van der Waals surface area contributed by atoms with Crippen molar-refractivity contribution >= 4 is 34.0 Å². The van der Waals surface area contributed by atoms with E-state index >= 15 is 0 Å². The van der Waals surface area contributed by atoms with Gasteiger partial charge in [0.05, 0.1) is 0 Å². The van der Waals surface area contributed by atoms with Crippen molar-refractivity contribution in [3.05, 3.63) is 28.8 Å². The maximum atomic E-state index is 14.0. The van der Waals surface area contributed by atoms with E-state index in [0.717, 1.165) is 25.3 Å². The Kier molecular flexibility index (Phi) is 5.50. The number of alkyl halides is 2. The quantitative estimate of drug-likeness (QED) is 0.565. The highest BCUT2D eigenvalue weighted by Crippen LogP contribution is 2.39. The molecule has 1 N–H and O–H groups in total. The Balaban J connectivity index is 2.10. The van der Waals surface area contributed by atoms with E-state index in [1.165, 1.54) is 0 Å². The Bertz CT molecular complexity index is 805. The topological polar surface area (TPSA) is 52.9 Å². The molecule has 1 saturated carbocycles. The molecule has 1 unspecified atom stereocenters. The summed E-state index contributed by atoms with van der Waals surface area (Å²) in [5, 5.41) is -0.0231. The molecule has 0 radical (unpaired) electrons. The van der Waals surface area contributed by atoms with Crippen molar-refractivity contribution in [2.24, 2.45) is 0 Å². The molecule has 26 heavy (non-hydrogen) atoms. The molecule has 0 saturated heterocycles. The Morgan fingerprint density at radius 2 is 2.04 bits per heavy atom. The molecule has 0 amide bonds. The average molecular weight is 408 g/mol. The average Bonchev–Trinajstić information content (AvgIpc) is 2.80. The van der Waals surface area contributed by atoms with Crippen molar-refractivity contribution in [2.45, 2.75) is 63.3 Å². The van der Waals surface area contributed by atoms with Crippen LogP contribution in [0.15, 0.2) is 12.3 Å². The van der Waals surface area contributed by atoms with Crippen LogP contribution in [-0.4, -0.2) is 25.3 Å². The predicted octanol–water partition coefficient (Wildman–Crippen LogP) is 4.91. The summed E-state index contributed by atoms with van der Waals surface area (Å²) in [6, 6.07) is -0.236. The van der Waals surface area contributed by atoms with Crippen molar-refractivity contribution < 1.29 is 17.7 Å². The highest BCUT2D eigenvalue weighted by atomic mass is 35.5. The normalized spacial score (nSPS) is 18.3. The highest BCUT2D eigenvalue weighted by molar-refractivity contribution is 7.90. The van der Waals surface area contributed by atoms with Crippen molar-refractivity contribution in [1.82, 2.24) is 14.3 Å². The second-order valence-electron chi connectivity index (χ2n) is 7.52. The van der Waals surface area contributed by atoms with Crippen LogP contribution >= 0.6 is 11.6 Å². The predicted molar refractivity (Wildman–Crippen MR) is 97.4 cm³/mol. The SMILES string of the molecule is CC(C)(C)[S@+]([O-])NC(c1cn(C2CCC2)c2nc(Cl)c(F)cc12)C(F)F. The number of hydrogen-bond acceptors (Lipinski definition) is 3. The number of hydrogen-bond donors (Lipinski definition) is 1. The number of nitrogens with zero attached hydrogens (tertiary/aromatic N) is 2. The monoisotopic (exact) mass is 407 g/mol. The van der Waals surface area contributed by atoms with Gasteiger partial charge in [-0.05, 0) is 46.1 Å². The van der Waals surface area contributed by atoms with Crippen LogP contribution in [0.3, 0.4) is 0 Å². The number of halogens is 4. The molecule has 2 aromatic rings. The van der Waals surface area contributed by atoms with Gasteiger partial charge in [0.25, 0.3) is 6.43 Å². The van der Waals surface area contributed by atoms with E-state index in [1.807, 2.05) is 0 Å². The first-order valence-electron chi connectivity index (χ1n) is 8.42. The minimum absolute atomic E-state index is 0.131. The van der Waals surface area contributed by atoms with Gasteiger partial charge in [0.1, 0.15) is 16.4 Å². The molecule has 1 fully saturated rings. The lowest BCUT2D eigenvalue weighted by atomic mass is 9.93. The Labute approximate surface area is 158 Å². The number of nitrogens with one attached hydrogen (secondary N) is 1. The summed E-state index contributed by atoms with van der Waals surface area (Å²) < 4.78 is 57.5.